The average molecular weight is 403 g/mol. The summed E-state index contributed by atoms with van der Waals surface area (Å²) in [7, 11) is 0. The fraction of sp³-hybridized carbons (Fsp3) is 0.500. The number of aliphatic hydroxyl groups is 1. The van der Waals surface area contributed by atoms with Gasteiger partial charge in [0.25, 0.3) is 5.91 Å². The Bertz CT molecular complexity index is 723. The summed E-state index contributed by atoms with van der Waals surface area (Å²) in [6.07, 6.45) is -0.509. The first-order valence-corrected chi connectivity index (χ1v) is 10.8. The molecule has 1 aromatic carbocycles. The smallest absolute Gasteiger partial charge is 0.253 e. The Labute approximate surface area is 171 Å². The molecular weight excluding hydrogens is 372 g/mol. The molecule has 0 bridgehead atoms. The van der Waals surface area contributed by atoms with Gasteiger partial charge in [0.05, 0.1) is 19.3 Å². The highest BCUT2D eigenvalue weighted by molar-refractivity contribution is 7.09. The normalized spacial score (nSPS) is 16.5. The first kappa shape index (κ1) is 21.0. The number of carbonyl (C=O) groups excluding carboxylic acids is 1. The Morgan fingerprint density at radius 2 is 1.86 bits per heavy atom. The first-order chi connectivity index (χ1) is 13.5. The molecule has 1 aliphatic rings. The molecule has 1 atom stereocenters. The van der Waals surface area contributed by atoms with Crippen molar-refractivity contribution in [3.63, 3.8) is 0 Å². The van der Waals surface area contributed by atoms with Crippen molar-refractivity contribution in [2.75, 3.05) is 39.3 Å². The van der Waals surface area contributed by atoms with Gasteiger partial charge in [-0.05, 0) is 35.1 Å². The van der Waals surface area contributed by atoms with Gasteiger partial charge in [0.2, 0.25) is 0 Å². The van der Waals surface area contributed by atoms with Crippen molar-refractivity contribution in [2.24, 2.45) is 0 Å². The second kappa shape index (κ2) is 10.2. The molecule has 6 heteroatoms. The standard InChI is InChI=1S/C22H30N2O3S/c1-17(2)18-5-7-19(8-6-18)22(26)24-11-9-23(10-12-24)14-20(25)15-27-16-21-4-3-13-28-21/h3-8,13,17,20,25H,9-12,14-16H2,1-2H3/t20-/m1/s1. The predicted molar refractivity (Wildman–Crippen MR) is 113 cm³/mol. The minimum Gasteiger partial charge on any atom is -0.389 e. The molecule has 2 aromatic rings. The van der Waals surface area contributed by atoms with Gasteiger partial charge in [0.1, 0.15) is 0 Å². The van der Waals surface area contributed by atoms with Crippen molar-refractivity contribution < 1.29 is 14.6 Å². The number of hydrogen-bond acceptors (Lipinski definition) is 5. The van der Waals surface area contributed by atoms with Crippen molar-refractivity contribution >= 4 is 17.2 Å². The van der Waals surface area contributed by atoms with Crippen LogP contribution >= 0.6 is 11.3 Å². The van der Waals surface area contributed by atoms with E-state index in [-0.39, 0.29) is 5.91 Å². The molecule has 0 spiro atoms. The number of piperazine rings is 1. The molecule has 0 radical (unpaired) electrons. The van der Waals surface area contributed by atoms with Crippen LogP contribution in [0.4, 0.5) is 0 Å². The number of hydrogen-bond donors (Lipinski definition) is 1. The third kappa shape index (κ3) is 5.88. The average Bonchev–Trinajstić information content (AvgIpc) is 3.21. The molecule has 5 nitrogen and oxygen atoms in total. The van der Waals surface area contributed by atoms with E-state index in [2.05, 4.69) is 18.7 Å². The molecule has 152 valence electrons. The minimum absolute atomic E-state index is 0.0924. The van der Waals surface area contributed by atoms with Crippen LogP contribution in [0.15, 0.2) is 41.8 Å². The third-order valence-electron chi connectivity index (χ3n) is 5.09. The Hall–Kier alpha value is -1.73. The maximum absolute atomic E-state index is 12.7. The van der Waals surface area contributed by atoms with E-state index in [9.17, 15) is 9.90 Å². The molecule has 0 saturated carbocycles. The predicted octanol–water partition coefficient (Wildman–Crippen LogP) is 3.21. The van der Waals surface area contributed by atoms with E-state index in [1.807, 2.05) is 46.7 Å². The summed E-state index contributed by atoms with van der Waals surface area (Å²) in [6.45, 7) is 8.69. The summed E-state index contributed by atoms with van der Waals surface area (Å²) in [4.78, 5) is 18.0. The maximum Gasteiger partial charge on any atom is 0.253 e. The zero-order valence-corrected chi connectivity index (χ0v) is 17.5. The first-order valence-electron chi connectivity index (χ1n) is 9.92. The van der Waals surface area contributed by atoms with Crippen LogP contribution in [-0.2, 0) is 11.3 Å². The summed E-state index contributed by atoms with van der Waals surface area (Å²) < 4.78 is 5.59. The van der Waals surface area contributed by atoms with Crippen LogP contribution in [0.1, 0.15) is 40.6 Å². The van der Waals surface area contributed by atoms with E-state index in [1.54, 1.807) is 11.3 Å². The summed E-state index contributed by atoms with van der Waals surface area (Å²) in [5.74, 6) is 0.559. The van der Waals surface area contributed by atoms with Crippen molar-refractivity contribution in [1.82, 2.24) is 9.80 Å². The van der Waals surface area contributed by atoms with Crippen molar-refractivity contribution in [3.8, 4) is 0 Å². The molecule has 3 rings (SSSR count). The molecule has 1 aliphatic heterocycles. The van der Waals surface area contributed by atoms with Crippen LogP contribution in [0, 0.1) is 0 Å². The Morgan fingerprint density at radius 3 is 2.46 bits per heavy atom. The van der Waals surface area contributed by atoms with Crippen LogP contribution in [-0.4, -0.2) is 66.2 Å². The number of β-amino-alcohol motifs (C(OH)–C–C–N with tert-alkyl or cyclic N) is 1. The molecule has 1 N–H and O–H groups in total. The van der Waals surface area contributed by atoms with Crippen molar-refractivity contribution in [2.45, 2.75) is 32.5 Å². The number of aliphatic hydroxyl groups excluding tert-OH is 1. The lowest BCUT2D eigenvalue weighted by molar-refractivity contribution is 0.00270. The second-order valence-corrected chi connectivity index (χ2v) is 8.65. The Balaban J connectivity index is 1.39. The zero-order chi connectivity index (χ0) is 19.9. The third-order valence-corrected chi connectivity index (χ3v) is 5.94. The summed E-state index contributed by atoms with van der Waals surface area (Å²) in [5, 5.41) is 12.2. The van der Waals surface area contributed by atoms with Crippen molar-refractivity contribution in [3.05, 3.63) is 57.8 Å². The molecular formula is C22H30N2O3S. The van der Waals surface area contributed by atoms with Gasteiger partial charge in [-0.1, -0.05) is 32.0 Å². The molecule has 28 heavy (non-hydrogen) atoms. The van der Waals surface area contributed by atoms with E-state index >= 15 is 0 Å². The summed E-state index contributed by atoms with van der Waals surface area (Å²) in [5.41, 5.74) is 2.00. The summed E-state index contributed by atoms with van der Waals surface area (Å²) >= 11 is 1.66. The highest BCUT2D eigenvalue weighted by Crippen LogP contribution is 2.16. The Kier molecular flexibility index (Phi) is 7.62. The monoisotopic (exact) mass is 402 g/mol. The quantitative estimate of drug-likeness (QED) is 0.737. The van der Waals surface area contributed by atoms with E-state index in [4.69, 9.17) is 4.74 Å². The molecule has 0 aliphatic carbocycles. The molecule has 1 fully saturated rings. The van der Waals surface area contributed by atoms with Gasteiger partial charge >= 0.3 is 0 Å². The summed E-state index contributed by atoms with van der Waals surface area (Å²) in [6, 6.07) is 12.0. The number of ether oxygens (including phenoxy) is 1. The second-order valence-electron chi connectivity index (χ2n) is 7.62. The fourth-order valence-corrected chi connectivity index (χ4v) is 4.01. The van der Waals surface area contributed by atoms with Gasteiger partial charge in [-0.3, -0.25) is 9.69 Å². The molecule has 2 heterocycles. The van der Waals surface area contributed by atoms with Gasteiger partial charge in [-0.15, -0.1) is 11.3 Å². The van der Waals surface area contributed by atoms with Gasteiger partial charge in [-0.2, -0.15) is 0 Å². The van der Waals surface area contributed by atoms with E-state index in [0.717, 1.165) is 18.7 Å². The number of thiophene rings is 1. The number of benzene rings is 1. The molecule has 1 saturated heterocycles. The number of carbonyl (C=O) groups is 1. The number of rotatable bonds is 8. The van der Waals surface area contributed by atoms with E-state index < -0.39 is 6.10 Å². The molecule has 1 aromatic heterocycles. The lowest BCUT2D eigenvalue weighted by atomic mass is 10.0. The molecule has 1 amide bonds. The van der Waals surface area contributed by atoms with Gasteiger partial charge in [0.15, 0.2) is 0 Å². The SMILES string of the molecule is CC(C)c1ccc(C(=O)N2CCN(C[C@@H](O)COCc3cccs3)CC2)cc1. The topological polar surface area (TPSA) is 53.0 Å². The van der Waals surface area contributed by atoms with E-state index in [1.165, 1.54) is 10.4 Å². The lowest BCUT2D eigenvalue weighted by Crippen LogP contribution is -2.50. The van der Waals surface area contributed by atoms with Crippen LogP contribution in [0.3, 0.4) is 0 Å². The van der Waals surface area contributed by atoms with E-state index in [0.29, 0.717) is 38.8 Å². The van der Waals surface area contributed by atoms with Crippen LogP contribution < -0.4 is 0 Å². The van der Waals surface area contributed by atoms with Gasteiger partial charge < -0.3 is 14.7 Å². The number of amides is 1. The van der Waals surface area contributed by atoms with Crippen LogP contribution in [0.5, 0.6) is 0 Å². The Morgan fingerprint density at radius 1 is 1.14 bits per heavy atom. The van der Waals surface area contributed by atoms with Crippen LogP contribution in [0.25, 0.3) is 0 Å². The van der Waals surface area contributed by atoms with Gasteiger partial charge in [-0.25, -0.2) is 0 Å². The largest absolute Gasteiger partial charge is 0.389 e. The van der Waals surface area contributed by atoms with Crippen molar-refractivity contribution in [1.29, 1.82) is 0 Å². The fourth-order valence-electron chi connectivity index (χ4n) is 3.37. The number of nitrogens with zero attached hydrogens (tertiary/aromatic N) is 2. The zero-order valence-electron chi connectivity index (χ0n) is 16.7. The van der Waals surface area contributed by atoms with Gasteiger partial charge in [0, 0.05) is 43.2 Å². The van der Waals surface area contributed by atoms with Crippen LogP contribution in [0.2, 0.25) is 0 Å². The molecule has 0 unspecified atom stereocenters. The highest BCUT2D eigenvalue weighted by Gasteiger charge is 2.23. The lowest BCUT2D eigenvalue weighted by Gasteiger charge is -2.35. The highest BCUT2D eigenvalue weighted by atomic mass is 32.1. The minimum atomic E-state index is -0.509. The maximum atomic E-state index is 12.7.